The Morgan fingerprint density at radius 3 is 2.81 bits per heavy atom. The van der Waals surface area contributed by atoms with Crippen LogP contribution in [-0.2, 0) is 4.74 Å². The molecule has 2 aliphatic rings. The molecule has 9 heteroatoms. The second kappa shape index (κ2) is 7.75. The van der Waals surface area contributed by atoms with E-state index in [1.807, 2.05) is 12.3 Å². The number of hydrogen-bond donors (Lipinski definition) is 3. The number of anilines is 2. The van der Waals surface area contributed by atoms with Gasteiger partial charge in [-0.1, -0.05) is 12.1 Å². The maximum absolute atomic E-state index is 9.93. The number of imidazole rings is 1. The maximum Gasteiger partial charge on any atom is 0.229 e. The average molecular weight is 434 g/mol. The number of aromatic amines is 2. The first kappa shape index (κ1) is 19.5. The van der Waals surface area contributed by atoms with Gasteiger partial charge in [0.1, 0.15) is 11.3 Å². The number of nitrogens with one attached hydrogen (secondary N) is 2. The third-order valence-corrected chi connectivity index (χ3v) is 6.56. The first-order valence-electron chi connectivity index (χ1n) is 11.3. The van der Waals surface area contributed by atoms with Crippen LogP contribution < -0.4 is 9.80 Å². The summed E-state index contributed by atoms with van der Waals surface area (Å²) in [5.74, 6) is 2.33. The first-order chi connectivity index (χ1) is 15.7. The fraction of sp³-hybridized carbons (Fsp3) is 0.435. The predicted molar refractivity (Wildman–Crippen MR) is 124 cm³/mol. The lowest BCUT2D eigenvalue weighted by molar-refractivity contribution is 0.0986. The molecule has 0 aliphatic carbocycles. The highest BCUT2D eigenvalue weighted by molar-refractivity contribution is 5.96. The number of ether oxygens (including phenoxy) is 1. The van der Waals surface area contributed by atoms with Crippen LogP contribution in [0.5, 0.6) is 0 Å². The van der Waals surface area contributed by atoms with Gasteiger partial charge in [0.05, 0.1) is 25.4 Å². The molecule has 4 aromatic rings. The number of hydrogen-bond acceptors (Lipinski definition) is 7. The summed E-state index contributed by atoms with van der Waals surface area (Å²) in [6.45, 7) is 5.75. The van der Waals surface area contributed by atoms with Gasteiger partial charge in [-0.15, -0.1) is 0 Å². The van der Waals surface area contributed by atoms with Crippen LogP contribution in [0.2, 0.25) is 0 Å². The molecule has 3 aromatic heterocycles. The topological polar surface area (TPSA) is 106 Å². The quantitative estimate of drug-likeness (QED) is 0.456. The van der Waals surface area contributed by atoms with Crippen molar-refractivity contribution >= 4 is 33.8 Å². The molecule has 5 heterocycles. The van der Waals surface area contributed by atoms with Crippen molar-refractivity contribution in [3.8, 4) is 11.4 Å². The van der Waals surface area contributed by atoms with Crippen molar-refractivity contribution < 1.29 is 9.84 Å². The summed E-state index contributed by atoms with van der Waals surface area (Å²) in [4.78, 5) is 26.0. The molecule has 2 saturated heterocycles. The molecule has 0 amide bonds. The minimum absolute atomic E-state index is 0.206. The number of rotatable bonds is 3. The standard InChI is InChI=1S/C23H27N7O2/c1-14-13-32-12-11-30(14)22-19-21(27-23(28-22)29-9-6-15(31)7-10-29)26-20(25-19)17-3-2-4-18-16(17)5-8-24-18/h2-5,8,14-15,24,31H,6-7,9-13H2,1H3,(H,25,26,27,28)/t14-/m0/s1. The van der Waals surface area contributed by atoms with Crippen molar-refractivity contribution in [1.29, 1.82) is 0 Å². The summed E-state index contributed by atoms with van der Waals surface area (Å²) >= 11 is 0. The van der Waals surface area contributed by atoms with Crippen molar-refractivity contribution in [2.45, 2.75) is 31.9 Å². The van der Waals surface area contributed by atoms with Gasteiger partial charge in [0.2, 0.25) is 5.95 Å². The fourth-order valence-corrected chi connectivity index (χ4v) is 4.75. The Hall–Kier alpha value is -3.17. The number of benzene rings is 1. The smallest absolute Gasteiger partial charge is 0.229 e. The predicted octanol–water partition coefficient (Wildman–Crippen LogP) is 2.69. The number of aliphatic hydroxyl groups excluding tert-OH is 1. The SMILES string of the molecule is C[C@H]1COCCN1c1nc(N2CCC(O)CC2)nc2nc(-c3cccc4[nH]ccc34)[nH]c12. The van der Waals surface area contributed by atoms with Crippen molar-refractivity contribution in [3.05, 3.63) is 30.5 Å². The number of piperidine rings is 1. The summed E-state index contributed by atoms with van der Waals surface area (Å²) in [5.41, 5.74) is 3.62. The number of aromatic nitrogens is 5. The van der Waals surface area contributed by atoms with E-state index in [0.29, 0.717) is 24.8 Å². The second-order valence-corrected chi connectivity index (χ2v) is 8.71. The highest BCUT2D eigenvalue weighted by atomic mass is 16.5. The molecule has 1 atom stereocenters. The van der Waals surface area contributed by atoms with E-state index < -0.39 is 0 Å². The summed E-state index contributed by atoms with van der Waals surface area (Å²) in [5, 5.41) is 11.0. The van der Waals surface area contributed by atoms with Gasteiger partial charge in [-0.2, -0.15) is 9.97 Å². The zero-order valence-electron chi connectivity index (χ0n) is 18.1. The molecule has 166 valence electrons. The third-order valence-electron chi connectivity index (χ3n) is 6.56. The van der Waals surface area contributed by atoms with E-state index in [1.165, 1.54) is 0 Å². The molecule has 2 fully saturated rings. The Balaban J connectivity index is 1.50. The molecule has 0 saturated carbocycles. The summed E-state index contributed by atoms with van der Waals surface area (Å²) in [6, 6.07) is 8.44. The van der Waals surface area contributed by atoms with Crippen LogP contribution in [0.3, 0.4) is 0 Å². The minimum atomic E-state index is -0.243. The summed E-state index contributed by atoms with van der Waals surface area (Å²) in [7, 11) is 0. The van der Waals surface area contributed by atoms with E-state index in [2.05, 4.69) is 44.9 Å². The van der Waals surface area contributed by atoms with Crippen LogP contribution in [-0.4, -0.2) is 75.0 Å². The van der Waals surface area contributed by atoms with Gasteiger partial charge in [0.25, 0.3) is 0 Å². The first-order valence-corrected chi connectivity index (χ1v) is 11.3. The zero-order chi connectivity index (χ0) is 21.7. The number of fused-ring (bicyclic) bond motifs is 2. The Kier molecular flexibility index (Phi) is 4.73. The van der Waals surface area contributed by atoms with Gasteiger partial charge < -0.3 is 29.6 Å². The number of aliphatic hydroxyl groups is 1. The lowest BCUT2D eigenvalue weighted by Gasteiger charge is -2.35. The highest BCUT2D eigenvalue weighted by Gasteiger charge is 2.27. The van der Waals surface area contributed by atoms with Crippen LogP contribution in [0, 0.1) is 0 Å². The minimum Gasteiger partial charge on any atom is -0.393 e. The van der Waals surface area contributed by atoms with Crippen molar-refractivity contribution in [3.63, 3.8) is 0 Å². The van der Waals surface area contributed by atoms with Crippen molar-refractivity contribution in [2.24, 2.45) is 0 Å². The largest absolute Gasteiger partial charge is 0.393 e. The van der Waals surface area contributed by atoms with Gasteiger partial charge in [-0.05, 0) is 31.9 Å². The zero-order valence-corrected chi connectivity index (χ0v) is 18.1. The normalized spacial score (nSPS) is 20.5. The van der Waals surface area contributed by atoms with Crippen LogP contribution >= 0.6 is 0 Å². The molecule has 2 aliphatic heterocycles. The summed E-state index contributed by atoms with van der Waals surface area (Å²) in [6.07, 6.45) is 3.16. The molecule has 0 radical (unpaired) electrons. The molecule has 9 nitrogen and oxygen atoms in total. The van der Waals surface area contributed by atoms with Crippen molar-refractivity contribution in [2.75, 3.05) is 42.6 Å². The maximum atomic E-state index is 9.93. The van der Waals surface area contributed by atoms with Crippen LogP contribution in [0.15, 0.2) is 30.5 Å². The number of H-pyrrole nitrogens is 2. The van der Waals surface area contributed by atoms with Crippen LogP contribution in [0.25, 0.3) is 33.5 Å². The van der Waals surface area contributed by atoms with E-state index in [1.54, 1.807) is 0 Å². The number of nitrogens with zero attached hydrogens (tertiary/aromatic N) is 5. The lowest BCUT2D eigenvalue weighted by Crippen LogP contribution is -2.44. The molecule has 0 unspecified atom stereocenters. The Morgan fingerprint density at radius 2 is 1.97 bits per heavy atom. The van der Waals surface area contributed by atoms with E-state index in [-0.39, 0.29) is 12.1 Å². The molecule has 1 aromatic carbocycles. The van der Waals surface area contributed by atoms with Gasteiger partial charge in [0, 0.05) is 42.3 Å². The monoisotopic (exact) mass is 433 g/mol. The van der Waals surface area contributed by atoms with Crippen LogP contribution in [0.4, 0.5) is 11.8 Å². The van der Waals surface area contributed by atoms with E-state index >= 15 is 0 Å². The lowest BCUT2D eigenvalue weighted by atomic mass is 10.1. The fourth-order valence-electron chi connectivity index (χ4n) is 4.75. The highest BCUT2D eigenvalue weighted by Crippen LogP contribution is 2.33. The number of morpholine rings is 1. The Bertz CT molecular complexity index is 1260. The molecular weight excluding hydrogens is 406 g/mol. The summed E-state index contributed by atoms with van der Waals surface area (Å²) < 4.78 is 5.67. The van der Waals surface area contributed by atoms with E-state index in [0.717, 1.165) is 66.1 Å². The third kappa shape index (κ3) is 3.28. The van der Waals surface area contributed by atoms with Gasteiger partial charge in [-0.3, -0.25) is 0 Å². The van der Waals surface area contributed by atoms with Gasteiger partial charge in [-0.25, -0.2) is 4.98 Å². The molecule has 32 heavy (non-hydrogen) atoms. The molecular formula is C23H27N7O2. The molecule has 0 spiro atoms. The molecule has 6 rings (SSSR count). The Morgan fingerprint density at radius 1 is 1.09 bits per heavy atom. The van der Waals surface area contributed by atoms with E-state index in [9.17, 15) is 5.11 Å². The van der Waals surface area contributed by atoms with Gasteiger partial charge >= 0.3 is 0 Å². The average Bonchev–Trinajstić information content (AvgIpc) is 3.46. The second-order valence-electron chi connectivity index (χ2n) is 8.71. The van der Waals surface area contributed by atoms with Crippen molar-refractivity contribution in [1.82, 2.24) is 24.9 Å². The van der Waals surface area contributed by atoms with E-state index in [4.69, 9.17) is 19.7 Å². The molecule has 3 N–H and O–H groups in total. The molecule has 0 bridgehead atoms. The van der Waals surface area contributed by atoms with Crippen LogP contribution in [0.1, 0.15) is 19.8 Å². The van der Waals surface area contributed by atoms with Gasteiger partial charge in [0.15, 0.2) is 11.5 Å². The Labute approximate surface area is 185 Å².